The number of aryl methyl sites for hydroxylation is 1. The lowest BCUT2D eigenvalue weighted by molar-refractivity contribution is 0.102. The smallest absolute Gasteiger partial charge is 0.260 e. The van der Waals surface area contributed by atoms with E-state index in [1.165, 1.54) is 16.8 Å². The number of hydrogen-bond acceptors (Lipinski definition) is 3. The normalized spacial score (nSPS) is 10.4. The monoisotopic (exact) mass is 397 g/mol. The number of benzene rings is 2. The molecule has 3 aromatic rings. The first-order valence-electron chi connectivity index (χ1n) is 8.43. The van der Waals surface area contributed by atoms with Crippen LogP contribution in [0.15, 0.2) is 48.5 Å². The van der Waals surface area contributed by atoms with Crippen molar-refractivity contribution in [2.45, 2.75) is 13.5 Å². The lowest BCUT2D eigenvalue weighted by Gasteiger charge is -2.07. The number of anilines is 1. The van der Waals surface area contributed by atoms with E-state index in [9.17, 15) is 9.18 Å². The third kappa shape index (κ3) is 4.51. The van der Waals surface area contributed by atoms with Gasteiger partial charge in [0, 0.05) is 5.69 Å². The van der Waals surface area contributed by atoms with Gasteiger partial charge in [-0.3, -0.25) is 4.79 Å². The Morgan fingerprint density at radius 2 is 1.93 bits per heavy atom. The van der Waals surface area contributed by atoms with Crippen LogP contribution in [-0.2, 0) is 6.54 Å². The maximum Gasteiger partial charge on any atom is 0.260 e. The summed E-state index contributed by atoms with van der Waals surface area (Å²) in [6, 6.07) is 12.8. The predicted octanol–water partition coefficient (Wildman–Crippen LogP) is 4.30. The van der Waals surface area contributed by atoms with Crippen molar-refractivity contribution in [2.75, 3.05) is 11.9 Å². The summed E-state index contributed by atoms with van der Waals surface area (Å²) in [5.41, 5.74) is 2.19. The van der Waals surface area contributed by atoms with Gasteiger partial charge in [-0.15, -0.1) is 6.42 Å². The Balaban J connectivity index is 1.74. The molecule has 0 radical (unpaired) electrons. The Labute approximate surface area is 167 Å². The second-order valence-electron chi connectivity index (χ2n) is 6.01. The number of terminal acetylenes is 1. The fraction of sp³-hybridized carbons (Fsp3) is 0.143. The van der Waals surface area contributed by atoms with Crippen LogP contribution >= 0.6 is 11.6 Å². The summed E-state index contributed by atoms with van der Waals surface area (Å²) in [6.07, 6.45) is 5.15. The molecule has 0 atom stereocenters. The first-order valence-corrected chi connectivity index (χ1v) is 8.80. The first kappa shape index (κ1) is 19.5. The van der Waals surface area contributed by atoms with Crippen LogP contribution in [0.25, 0.3) is 0 Å². The zero-order valence-corrected chi connectivity index (χ0v) is 15.8. The first-order chi connectivity index (χ1) is 13.5. The van der Waals surface area contributed by atoms with Crippen LogP contribution < -0.4 is 10.1 Å². The Morgan fingerprint density at radius 1 is 1.25 bits per heavy atom. The van der Waals surface area contributed by atoms with E-state index < -0.39 is 0 Å². The van der Waals surface area contributed by atoms with Gasteiger partial charge in [0.25, 0.3) is 5.91 Å². The number of carbonyl (C=O) groups excluding carboxylic acids is 1. The number of halogens is 2. The number of amides is 1. The highest BCUT2D eigenvalue weighted by atomic mass is 35.5. The van der Waals surface area contributed by atoms with E-state index in [2.05, 4.69) is 16.3 Å². The maximum atomic E-state index is 13.1. The van der Waals surface area contributed by atoms with Gasteiger partial charge in [-0.25, -0.2) is 9.07 Å². The zero-order chi connectivity index (χ0) is 20.1. The Hall–Kier alpha value is -3.30. The fourth-order valence-electron chi connectivity index (χ4n) is 2.63. The van der Waals surface area contributed by atoms with E-state index in [1.54, 1.807) is 43.3 Å². The van der Waals surface area contributed by atoms with E-state index in [0.29, 0.717) is 23.7 Å². The van der Waals surface area contributed by atoms with Crippen molar-refractivity contribution in [3.63, 3.8) is 0 Å². The van der Waals surface area contributed by atoms with Gasteiger partial charge in [-0.1, -0.05) is 29.7 Å². The van der Waals surface area contributed by atoms with Crippen molar-refractivity contribution in [2.24, 2.45) is 0 Å². The molecule has 1 aromatic heterocycles. The predicted molar refractivity (Wildman–Crippen MR) is 106 cm³/mol. The van der Waals surface area contributed by atoms with Crippen molar-refractivity contribution < 1.29 is 13.9 Å². The summed E-state index contributed by atoms with van der Waals surface area (Å²) in [5.74, 6) is 2.31. The minimum Gasteiger partial charge on any atom is -0.481 e. The Morgan fingerprint density at radius 3 is 2.57 bits per heavy atom. The van der Waals surface area contributed by atoms with Crippen molar-refractivity contribution in [3.8, 4) is 18.1 Å². The summed E-state index contributed by atoms with van der Waals surface area (Å²) in [5, 5.41) is 7.33. The Bertz CT molecular complexity index is 1020. The van der Waals surface area contributed by atoms with Crippen LogP contribution in [0.1, 0.15) is 21.6 Å². The van der Waals surface area contributed by atoms with Crippen LogP contribution in [0, 0.1) is 25.1 Å². The maximum absolute atomic E-state index is 13.1. The average molecular weight is 398 g/mol. The zero-order valence-electron chi connectivity index (χ0n) is 15.1. The van der Waals surface area contributed by atoms with Gasteiger partial charge < -0.3 is 10.1 Å². The molecule has 1 heterocycles. The summed E-state index contributed by atoms with van der Waals surface area (Å²) < 4.78 is 19.9. The SMILES string of the molecule is C#CCOc1ccc(NC(=O)c2c(C)nn(Cc3ccc(F)cc3)c2Cl)cc1. The van der Waals surface area contributed by atoms with E-state index in [4.69, 9.17) is 22.8 Å². The molecule has 0 bridgehead atoms. The van der Waals surface area contributed by atoms with Crippen LogP contribution in [0.2, 0.25) is 5.15 Å². The van der Waals surface area contributed by atoms with Crippen LogP contribution in [0.3, 0.4) is 0 Å². The van der Waals surface area contributed by atoms with E-state index in [-0.39, 0.29) is 29.0 Å². The summed E-state index contributed by atoms with van der Waals surface area (Å²) in [6.45, 7) is 2.21. The largest absolute Gasteiger partial charge is 0.481 e. The lowest BCUT2D eigenvalue weighted by atomic mass is 10.2. The molecule has 5 nitrogen and oxygen atoms in total. The van der Waals surface area contributed by atoms with Gasteiger partial charge in [0.05, 0.1) is 17.8 Å². The molecular weight excluding hydrogens is 381 g/mol. The minimum absolute atomic E-state index is 0.174. The molecule has 142 valence electrons. The summed E-state index contributed by atoms with van der Waals surface area (Å²) in [7, 11) is 0. The molecule has 2 aromatic carbocycles. The van der Waals surface area contributed by atoms with Gasteiger partial charge in [-0.05, 0) is 48.9 Å². The van der Waals surface area contributed by atoms with E-state index >= 15 is 0 Å². The van der Waals surface area contributed by atoms with E-state index in [1.807, 2.05) is 0 Å². The molecule has 0 aliphatic rings. The van der Waals surface area contributed by atoms with Crippen LogP contribution in [0.4, 0.5) is 10.1 Å². The number of rotatable bonds is 6. The molecule has 0 aliphatic carbocycles. The van der Waals surface area contributed by atoms with Crippen molar-refractivity contribution in [1.29, 1.82) is 0 Å². The standard InChI is InChI=1S/C21H17ClFN3O2/c1-3-12-28-18-10-8-17(9-11-18)24-21(27)19-14(2)25-26(20(19)22)13-15-4-6-16(23)7-5-15/h1,4-11H,12-13H2,2H3,(H,24,27). The third-order valence-electron chi connectivity index (χ3n) is 3.97. The molecular formula is C21H17ClFN3O2. The quantitative estimate of drug-likeness (QED) is 0.631. The van der Waals surface area contributed by atoms with Gasteiger partial charge in [0.1, 0.15) is 23.3 Å². The minimum atomic E-state index is -0.370. The summed E-state index contributed by atoms with van der Waals surface area (Å²) in [4.78, 5) is 12.7. The molecule has 0 aliphatic heterocycles. The number of aromatic nitrogens is 2. The molecule has 0 saturated heterocycles. The second-order valence-corrected chi connectivity index (χ2v) is 6.36. The molecule has 0 saturated carbocycles. The number of nitrogens with one attached hydrogen (secondary N) is 1. The second kappa shape index (κ2) is 8.59. The van der Waals surface area contributed by atoms with Gasteiger partial charge in [-0.2, -0.15) is 5.10 Å². The van der Waals surface area contributed by atoms with E-state index in [0.717, 1.165) is 5.56 Å². The number of ether oxygens (including phenoxy) is 1. The van der Waals surface area contributed by atoms with Gasteiger partial charge in [0.2, 0.25) is 0 Å². The number of nitrogens with zero attached hydrogens (tertiary/aromatic N) is 2. The highest BCUT2D eigenvalue weighted by molar-refractivity contribution is 6.33. The summed E-state index contributed by atoms with van der Waals surface area (Å²) >= 11 is 6.38. The molecule has 28 heavy (non-hydrogen) atoms. The fourth-order valence-corrected chi connectivity index (χ4v) is 2.95. The molecule has 1 N–H and O–H groups in total. The van der Waals surface area contributed by atoms with Crippen LogP contribution in [0.5, 0.6) is 5.75 Å². The average Bonchev–Trinajstić information content (AvgIpc) is 2.96. The Kier molecular flexibility index (Phi) is 5.97. The number of hydrogen-bond donors (Lipinski definition) is 1. The van der Waals surface area contributed by atoms with Gasteiger partial charge >= 0.3 is 0 Å². The molecule has 7 heteroatoms. The van der Waals surface area contributed by atoms with Gasteiger partial charge in [0.15, 0.2) is 0 Å². The topological polar surface area (TPSA) is 56.1 Å². The molecule has 0 spiro atoms. The lowest BCUT2D eigenvalue weighted by Crippen LogP contribution is -2.13. The molecule has 0 fully saturated rings. The third-order valence-corrected chi connectivity index (χ3v) is 4.36. The van der Waals surface area contributed by atoms with Crippen molar-refractivity contribution in [3.05, 3.63) is 76.3 Å². The highest BCUT2D eigenvalue weighted by Gasteiger charge is 2.20. The van der Waals surface area contributed by atoms with Crippen molar-refractivity contribution in [1.82, 2.24) is 9.78 Å². The number of carbonyl (C=O) groups is 1. The van der Waals surface area contributed by atoms with Crippen LogP contribution in [-0.4, -0.2) is 22.3 Å². The molecule has 1 amide bonds. The molecule has 0 unspecified atom stereocenters. The molecule has 3 rings (SSSR count). The highest BCUT2D eigenvalue weighted by Crippen LogP contribution is 2.23. The van der Waals surface area contributed by atoms with Crippen molar-refractivity contribution >= 4 is 23.2 Å².